The predicted octanol–water partition coefficient (Wildman–Crippen LogP) is 2.63. The third kappa shape index (κ3) is 6.39. The standard InChI is InChI=1S/C18H22FNO3S/c1-18(21,12-11-15-5-3-2-4-6-15)14-20-24(22,23)13-16-7-9-17(19)10-8-16/h2-10,20-21H,11-14H2,1H3. The fourth-order valence-electron chi connectivity index (χ4n) is 2.26. The van der Waals surface area contributed by atoms with E-state index >= 15 is 0 Å². The molecule has 0 aliphatic carbocycles. The van der Waals surface area contributed by atoms with E-state index in [9.17, 15) is 17.9 Å². The highest BCUT2D eigenvalue weighted by atomic mass is 32.2. The second-order valence-electron chi connectivity index (χ2n) is 6.19. The van der Waals surface area contributed by atoms with Crippen LogP contribution in [0.4, 0.5) is 4.39 Å². The Bertz CT molecular complexity index is 744. The van der Waals surface area contributed by atoms with Gasteiger partial charge in [-0.1, -0.05) is 42.5 Å². The Hall–Kier alpha value is -1.76. The first-order valence-electron chi connectivity index (χ1n) is 7.74. The van der Waals surface area contributed by atoms with Crippen LogP contribution in [-0.2, 0) is 22.2 Å². The molecular formula is C18H22FNO3S. The summed E-state index contributed by atoms with van der Waals surface area (Å²) in [5.41, 5.74) is 0.436. The molecule has 1 atom stereocenters. The summed E-state index contributed by atoms with van der Waals surface area (Å²) >= 11 is 0. The van der Waals surface area contributed by atoms with Crippen LogP contribution in [0.3, 0.4) is 0 Å². The van der Waals surface area contributed by atoms with E-state index in [1.54, 1.807) is 6.92 Å². The lowest BCUT2D eigenvalue weighted by Gasteiger charge is -2.23. The van der Waals surface area contributed by atoms with Crippen molar-refractivity contribution in [3.8, 4) is 0 Å². The molecule has 0 saturated heterocycles. The van der Waals surface area contributed by atoms with Gasteiger partial charge in [-0.2, -0.15) is 0 Å². The van der Waals surface area contributed by atoms with Crippen LogP contribution in [0.25, 0.3) is 0 Å². The van der Waals surface area contributed by atoms with Crippen LogP contribution in [-0.4, -0.2) is 25.7 Å². The predicted molar refractivity (Wildman–Crippen MR) is 92.4 cm³/mol. The zero-order valence-corrected chi connectivity index (χ0v) is 14.4. The first-order valence-corrected chi connectivity index (χ1v) is 9.39. The lowest BCUT2D eigenvalue weighted by molar-refractivity contribution is 0.0565. The number of hydrogen-bond donors (Lipinski definition) is 2. The van der Waals surface area contributed by atoms with Crippen LogP contribution in [0.2, 0.25) is 0 Å². The first kappa shape index (κ1) is 18.6. The van der Waals surface area contributed by atoms with Gasteiger partial charge in [0.2, 0.25) is 10.0 Å². The molecule has 2 N–H and O–H groups in total. The maximum absolute atomic E-state index is 12.9. The van der Waals surface area contributed by atoms with E-state index in [1.165, 1.54) is 24.3 Å². The number of benzene rings is 2. The molecule has 130 valence electrons. The maximum Gasteiger partial charge on any atom is 0.215 e. The van der Waals surface area contributed by atoms with Crippen molar-refractivity contribution in [2.75, 3.05) is 6.54 Å². The van der Waals surface area contributed by atoms with Crippen molar-refractivity contribution < 1.29 is 17.9 Å². The second kappa shape index (κ2) is 7.88. The molecule has 0 bridgehead atoms. The molecular weight excluding hydrogens is 329 g/mol. The third-order valence-electron chi connectivity index (χ3n) is 3.74. The molecule has 2 aromatic rings. The fraction of sp³-hybridized carbons (Fsp3) is 0.333. The highest BCUT2D eigenvalue weighted by Crippen LogP contribution is 2.14. The van der Waals surface area contributed by atoms with Gasteiger partial charge in [0.1, 0.15) is 5.82 Å². The summed E-state index contributed by atoms with van der Waals surface area (Å²) in [6.07, 6.45) is 1.10. The third-order valence-corrected chi connectivity index (χ3v) is 5.04. The molecule has 0 amide bonds. The molecule has 0 fully saturated rings. The number of aliphatic hydroxyl groups is 1. The summed E-state index contributed by atoms with van der Waals surface area (Å²) < 4.78 is 39.5. The van der Waals surface area contributed by atoms with Crippen molar-refractivity contribution in [2.24, 2.45) is 0 Å². The zero-order chi connectivity index (χ0) is 17.6. The number of halogens is 1. The van der Waals surface area contributed by atoms with Crippen molar-refractivity contribution in [3.63, 3.8) is 0 Å². The average Bonchev–Trinajstić information content (AvgIpc) is 2.55. The molecule has 0 aromatic heterocycles. The van der Waals surface area contributed by atoms with E-state index in [0.717, 1.165) is 5.56 Å². The van der Waals surface area contributed by atoms with Gasteiger partial charge in [-0.3, -0.25) is 0 Å². The van der Waals surface area contributed by atoms with Gasteiger partial charge < -0.3 is 5.11 Å². The summed E-state index contributed by atoms with van der Waals surface area (Å²) in [4.78, 5) is 0. The molecule has 0 aliphatic rings. The Labute approximate surface area is 142 Å². The molecule has 4 nitrogen and oxygen atoms in total. The Morgan fingerprint density at radius 2 is 1.67 bits per heavy atom. The molecule has 0 aliphatic heterocycles. The minimum Gasteiger partial charge on any atom is -0.389 e. The molecule has 2 aromatic carbocycles. The topological polar surface area (TPSA) is 66.4 Å². The second-order valence-corrected chi connectivity index (χ2v) is 8.00. The lowest BCUT2D eigenvalue weighted by Crippen LogP contribution is -2.41. The van der Waals surface area contributed by atoms with E-state index < -0.39 is 21.4 Å². The monoisotopic (exact) mass is 351 g/mol. The lowest BCUT2D eigenvalue weighted by atomic mass is 9.97. The number of sulfonamides is 1. The molecule has 24 heavy (non-hydrogen) atoms. The van der Waals surface area contributed by atoms with Crippen molar-refractivity contribution in [2.45, 2.75) is 31.1 Å². The Balaban J connectivity index is 1.86. The minimum atomic E-state index is -3.60. The van der Waals surface area contributed by atoms with E-state index in [0.29, 0.717) is 18.4 Å². The largest absolute Gasteiger partial charge is 0.389 e. The fourth-order valence-corrected chi connectivity index (χ4v) is 3.53. The number of nitrogens with one attached hydrogen (secondary N) is 1. The average molecular weight is 351 g/mol. The van der Waals surface area contributed by atoms with Gasteiger partial charge in [0.15, 0.2) is 0 Å². The van der Waals surface area contributed by atoms with Crippen LogP contribution in [0.15, 0.2) is 54.6 Å². The molecule has 6 heteroatoms. The summed E-state index contributed by atoms with van der Waals surface area (Å²) in [5.74, 6) is -0.657. The number of aryl methyl sites for hydroxylation is 1. The number of rotatable bonds is 8. The molecule has 0 saturated carbocycles. The van der Waals surface area contributed by atoms with Crippen LogP contribution < -0.4 is 4.72 Å². The van der Waals surface area contributed by atoms with Gasteiger partial charge in [0, 0.05) is 6.54 Å². The molecule has 1 unspecified atom stereocenters. The van der Waals surface area contributed by atoms with Gasteiger partial charge in [0.25, 0.3) is 0 Å². The summed E-state index contributed by atoms with van der Waals surface area (Å²) in [7, 11) is -3.60. The van der Waals surface area contributed by atoms with Gasteiger partial charge in [-0.05, 0) is 43.0 Å². The summed E-state index contributed by atoms with van der Waals surface area (Å²) in [5, 5.41) is 10.4. The Morgan fingerprint density at radius 1 is 1.04 bits per heavy atom. The molecule has 0 spiro atoms. The smallest absolute Gasteiger partial charge is 0.215 e. The summed E-state index contributed by atoms with van der Waals surface area (Å²) in [6.45, 7) is 1.54. The first-order chi connectivity index (χ1) is 11.3. The maximum atomic E-state index is 12.9. The number of hydrogen-bond acceptors (Lipinski definition) is 3. The van der Waals surface area contributed by atoms with Crippen molar-refractivity contribution in [3.05, 3.63) is 71.5 Å². The normalized spacial score (nSPS) is 14.3. The van der Waals surface area contributed by atoms with Gasteiger partial charge in [-0.15, -0.1) is 0 Å². The van der Waals surface area contributed by atoms with Crippen LogP contribution >= 0.6 is 0 Å². The zero-order valence-electron chi connectivity index (χ0n) is 13.6. The van der Waals surface area contributed by atoms with Gasteiger partial charge in [-0.25, -0.2) is 17.5 Å². The summed E-state index contributed by atoms with van der Waals surface area (Å²) in [6, 6.07) is 15.0. The van der Waals surface area contributed by atoms with E-state index in [2.05, 4.69) is 4.72 Å². The Kier molecular flexibility index (Phi) is 6.10. The van der Waals surface area contributed by atoms with Crippen LogP contribution in [0.1, 0.15) is 24.5 Å². The molecule has 2 rings (SSSR count). The van der Waals surface area contributed by atoms with Crippen LogP contribution in [0, 0.1) is 5.82 Å². The minimum absolute atomic E-state index is 0.0661. The van der Waals surface area contributed by atoms with E-state index in [-0.39, 0.29) is 12.3 Å². The van der Waals surface area contributed by atoms with Gasteiger partial charge >= 0.3 is 0 Å². The molecule has 0 heterocycles. The highest BCUT2D eigenvalue weighted by Gasteiger charge is 2.23. The van der Waals surface area contributed by atoms with E-state index in [1.807, 2.05) is 30.3 Å². The van der Waals surface area contributed by atoms with Crippen LogP contribution in [0.5, 0.6) is 0 Å². The van der Waals surface area contributed by atoms with Crippen molar-refractivity contribution in [1.29, 1.82) is 0 Å². The van der Waals surface area contributed by atoms with Gasteiger partial charge in [0.05, 0.1) is 11.4 Å². The SMILES string of the molecule is CC(O)(CCc1ccccc1)CNS(=O)(=O)Cc1ccc(F)cc1. The van der Waals surface area contributed by atoms with Crippen molar-refractivity contribution in [1.82, 2.24) is 4.72 Å². The molecule has 0 radical (unpaired) electrons. The quantitative estimate of drug-likeness (QED) is 0.768. The Morgan fingerprint density at radius 3 is 2.29 bits per heavy atom. The van der Waals surface area contributed by atoms with E-state index in [4.69, 9.17) is 0 Å². The van der Waals surface area contributed by atoms with Crippen molar-refractivity contribution >= 4 is 10.0 Å². The highest BCUT2D eigenvalue weighted by molar-refractivity contribution is 7.88.